The average molecular weight is 496 g/mol. The third kappa shape index (κ3) is 3.01. The number of hydrogen-bond acceptors (Lipinski definition) is 5. The van der Waals surface area contributed by atoms with Crippen LogP contribution in [0.4, 0.5) is 5.69 Å². The Kier molecular flexibility index (Phi) is 5.03. The van der Waals surface area contributed by atoms with Crippen molar-refractivity contribution in [3.8, 4) is 0 Å². The van der Waals surface area contributed by atoms with Gasteiger partial charge in [0, 0.05) is 62.8 Å². The Bertz CT molecular complexity index is 1270. The molecule has 3 aromatic rings. The zero-order valence-electron chi connectivity index (χ0n) is 17.4. The van der Waals surface area contributed by atoms with Gasteiger partial charge in [-0.25, -0.2) is 0 Å². The Morgan fingerprint density at radius 3 is 2.67 bits per heavy atom. The maximum atomic E-state index is 14.2. The van der Waals surface area contributed by atoms with Crippen molar-refractivity contribution in [1.82, 2.24) is 9.88 Å². The minimum absolute atomic E-state index is 0.0116. The highest BCUT2D eigenvalue weighted by atomic mass is 35.5. The summed E-state index contributed by atoms with van der Waals surface area (Å²) < 4.78 is 0. The maximum Gasteiger partial charge on any atom is 0.250 e. The second-order valence-corrected chi connectivity index (χ2v) is 10.5. The van der Waals surface area contributed by atoms with Gasteiger partial charge in [0.25, 0.3) is 0 Å². The van der Waals surface area contributed by atoms with E-state index in [1.807, 2.05) is 36.4 Å². The molecular weight excluding hydrogens is 477 g/mol. The minimum Gasteiger partial charge on any atom is -0.324 e. The summed E-state index contributed by atoms with van der Waals surface area (Å²) in [7, 11) is 0. The van der Waals surface area contributed by atoms with E-state index in [9.17, 15) is 9.59 Å². The van der Waals surface area contributed by atoms with E-state index in [4.69, 9.17) is 23.2 Å². The molecule has 1 N–H and O–H groups in total. The molecule has 33 heavy (non-hydrogen) atoms. The number of carbonyl (C=O) groups is 2. The number of pyridine rings is 1. The van der Waals surface area contributed by atoms with Gasteiger partial charge in [0.05, 0.1) is 5.92 Å². The Balaban J connectivity index is 1.63. The molecule has 2 aromatic carbocycles. The average Bonchev–Trinajstić information content (AvgIpc) is 3.48. The summed E-state index contributed by atoms with van der Waals surface area (Å²) in [5.74, 6) is 0.380. The van der Waals surface area contributed by atoms with E-state index in [2.05, 4.69) is 15.2 Å². The summed E-state index contributed by atoms with van der Waals surface area (Å²) >= 11 is 14.4. The topological polar surface area (TPSA) is 62.3 Å². The summed E-state index contributed by atoms with van der Waals surface area (Å²) in [5, 5.41) is 4.22. The van der Waals surface area contributed by atoms with Crippen LogP contribution in [-0.2, 0) is 10.3 Å². The number of carbonyl (C=O) groups excluding carboxylic acids is 2. The molecule has 0 aliphatic carbocycles. The lowest BCUT2D eigenvalue weighted by Crippen LogP contribution is -2.52. The molecule has 2 fully saturated rings. The molecule has 1 aromatic heterocycles. The van der Waals surface area contributed by atoms with Crippen molar-refractivity contribution in [2.75, 3.05) is 16.9 Å². The zero-order chi connectivity index (χ0) is 22.7. The van der Waals surface area contributed by atoms with Crippen molar-refractivity contribution in [1.29, 1.82) is 0 Å². The number of anilines is 1. The van der Waals surface area contributed by atoms with Gasteiger partial charge in [0.15, 0.2) is 5.78 Å². The molecule has 0 saturated carbocycles. The number of amides is 1. The molecule has 4 heterocycles. The fourth-order valence-corrected chi connectivity index (χ4v) is 7.42. The molecule has 1 amide bonds. The maximum absolute atomic E-state index is 14.2. The number of fused-ring (bicyclic) bond motifs is 4. The molecule has 2 saturated heterocycles. The SMILES string of the molecule is O=C(c1cccnc1)[C@@H]1[C@H](c2ccc(Cl)cc2)[C@@H]2CSCN2[C@]12C(=O)Nc1ccc(Cl)cc12. The number of nitrogens with one attached hydrogen (secondary N) is 1. The lowest BCUT2D eigenvalue weighted by Gasteiger charge is -2.36. The minimum atomic E-state index is -1.15. The molecule has 4 atom stereocenters. The fourth-order valence-electron chi connectivity index (χ4n) is 5.79. The van der Waals surface area contributed by atoms with E-state index >= 15 is 0 Å². The van der Waals surface area contributed by atoms with Gasteiger partial charge in [-0.1, -0.05) is 35.3 Å². The van der Waals surface area contributed by atoms with Crippen LogP contribution in [0.15, 0.2) is 67.0 Å². The van der Waals surface area contributed by atoms with Crippen LogP contribution in [0.3, 0.4) is 0 Å². The van der Waals surface area contributed by atoms with Gasteiger partial charge in [-0.3, -0.25) is 19.5 Å². The predicted octanol–water partition coefficient (Wildman–Crippen LogP) is 5.21. The molecule has 1 spiro atoms. The predicted molar refractivity (Wildman–Crippen MR) is 131 cm³/mol. The highest BCUT2D eigenvalue weighted by molar-refractivity contribution is 7.99. The Labute approximate surface area is 205 Å². The van der Waals surface area contributed by atoms with E-state index in [0.29, 0.717) is 27.2 Å². The number of rotatable bonds is 3. The van der Waals surface area contributed by atoms with Gasteiger partial charge in [-0.05, 0) is 48.0 Å². The van der Waals surface area contributed by atoms with E-state index in [-0.39, 0.29) is 23.7 Å². The highest BCUT2D eigenvalue weighted by Gasteiger charge is 2.69. The van der Waals surface area contributed by atoms with E-state index in [1.165, 1.54) is 0 Å². The van der Waals surface area contributed by atoms with Crippen LogP contribution in [-0.4, -0.2) is 39.2 Å². The number of halogens is 2. The van der Waals surface area contributed by atoms with Crippen molar-refractivity contribution in [3.05, 3.63) is 93.7 Å². The first kappa shape index (κ1) is 21.2. The number of ketones is 1. The first-order valence-corrected chi connectivity index (χ1v) is 12.6. The van der Waals surface area contributed by atoms with Crippen LogP contribution in [0.2, 0.25) is 10.0 Å². The molecule has 0 unspecified atom stereocenters. The fraction of sp³-hybridized carbons (Fsp3) is 0.240. The molecule has 0 radical (unpaired) electrons. The third-order valence-electron chi connectivity index (χ3n) is 7.07. The van der Waals surface area contributed by atoms with Crippen molar-refractivity contribution < 1.29 is 9.59 Å². The quantitative estimate of drug-likeness (QED) is 0.505. The van der Waals surface area contributed by atoms with Crippen molar-refractivity contribution >= 4 is 52.3 Å². The summed E-state index contributed by atoms with van der Waals surface area (Å²) in [6, 6.07) is 16.6. The number of benzene rings is 2. The number of thioether (sulfide) groups is 1. The molecule has 6 rings (SSSR count). The Morgan fingerprint density at radius 1 is 1.12 bits per heavy atom. The number of hydrogen-bond donors (Lipinski definition) is 1. The molecule has 3 aliphatic heterocycles. The Morgan fingerprint density at radius 2 is 1.91 bits per heavy atom. The largest absolute Gasteiger partial charge is 0.324 e. The second-order valence-electron chi connectivity index (χ2n) is 8.61. The van der Waals surface area contributed by atoms with Crippen molar-refractivity contribution in [2.24, 2.45) is 5.92 Å². The molecule has 3 aliphatic rings. The summed E-state index contributed by atoms with van der Waals surface area (Å²) in [6.07, 6.45) is 3.23. The molecule has 8 heteroatoms. The van der Waals surface area contributed by atoms with Crippen LogP contribution >= 0.6 is 35.0 Å². The van der Waals surface area contributed by atoms with Crippen molar-refractivity contribution in [3.63, 3.8) is 0 Å². The number of nitrogens with zero attached hydrogens (tertiary/aromatic N) is 2. The smallest absolute Gasteiger partial charge is 0.250 e. The first-order valence-electron chi connectivity index (χ1n) is 10.7. The number of Topliss-reactive ketones (excluding diaryl/α,β-unsaturated/α-hetero) is 1. The van der Waals surface area contributed by atoms with E-state index in [0.717, 1.165) is 16.9 Å². The first-order chi connectivity index (χ1) is 16.0. The van der Waals surface area contributed by atoms with Gasteiger partial charge in [-0.2, -0.15) is 0 Å². The zero-order valence-corrected chi connectivity index (χ0v) is 19.7. The normalized spacial score (nSPS) is 28.1. The van der Waals surface area contributed by atoms with Crippen LogP contribution in [0.1, 0.15) is 27.4 Å². The summed E-state index contributed by atoms with van der Waals surface area (Å²) in [6.45, 7) is 0. The van der Waals surface area contributed by atoms with E-state index < -0.39 is 11.5 Å². The van der Waals surface area contributed by atoms with Crippen LogP contribution in [0.5, 0.6) is 0 Å². The van der Waals surface area contributed by atoms with E-state index in [1.54, 1.807) is 42.4 Å². The third-order valence-corrected chi connectivity index (χ3v) is 8.59. The lowest BCUT2D eigenvalue weighted by atomic mass is 9.69. The van der Waals surface area contributed by atoms with Crippen molar-refractivity contribution in [2.45, 2.75) is 17.5 Å². The van der Waals surface area contributed by atoms with Gasteiger partial charge >= 0.3 is 0 Å². The van der Waals surface area contributed by atoms with Gasteiger partial charge in [-0.15, -0.1) is 11.8 Å². The highest BCUT2D eigenvalue weighted by Crippen LogP contribution is 2.61. The summed E-state index contributed by atoms with van der Waals surface area (Å²) in [5.41, 5.74) is 1.83. The Hall–Kier alpha value is -2.38. The molecule has 5 nitrogen and oxygen atoms in total. The summed E-state index contributed by atoms with van der Waals surface area (Å²) in [4.78, 5) is 34.5. The van der Waals surface area contributed by atoms with Gasteiger partial charge in [0.1, 0.15) is 5.54 Å². The monoisotopic (exact) mass is 495 g/mol. The molecule has 0 bridgehead atoms. The van der Waals surface area contributed by atoms with Crippen LogP contribution < -0.4 is 5.32 Å². The lowest BCUT2D eigenvalue weighted by molar-refractivity contribution is -0.127. The van der Waals surface area contributed by atoms with Gasteiger partial charge < -0.3 is 5.32 Å². The standard InChI is InChI=1S/C25H19Cl2N3O2S/c26-16-5-3-14(4-6-16)21-20-12-33-13-30(20)25(22(21)23(31)15-2-1-9-28-11-15)18-10-17(27)7-8-19(18)29-24(25)32/h1-11,20-22H,12-13H2,(H,29,32)/t20-,21+,22-,25-/m0/s1. The van der Waals surface area contributed by atoms with Gasteiger partial charge in [0.2, 0.25) is 5.91 Å². The molecule has 166 valence electrons. The van der Waals surface area contributed by atoms with Crippen LogP contribution in [0.25, 0.3) is 0 Å². The number of aromatic nitrogens is 1. The van der Waals surface area contributed by atoms with Crippen LogP contribution in [0, 0.1) is 5.92 Å². The molecular formula is C25H19Cl2N3O2S. The second kappa shape index (κ2) is 7.84.